The van der Waals surface area contributed by atoms with Crippen LogP contribution < -0.4 is 5.32 Å². The summed E-state index contributed by atoms with van der Waals surface area (Å²) < 4.78 is 4.86. The number of aryl methyl sites for hydroxylation is 1. The maximum absolute atomic E-state index is 11.0. The predicted molar refractivity (Wildman–Crippen MR) is 67.8 cm³/mol. The molecule has 1 aromatic carbocycles. The number of aromatic carboxylic acids is 1. The summed E-state index contributed by atoms with van der Waals surface area (Å²) in [5, 5.41) is 16.0. The molecule has 0 amide bonds. The number of aromatic nitrogens is 2. The van der Waals surface area contributed by atoms with Crippen LogP contribution >= 0.6 is 0 Å². The van der Waals surface area contributed by atoms with Crippen LogP contribution in [0.2, 0.25) is 0 Å². The smallest absolute Gasteiger partial charge is 0.336 e. The van der Waals surface area contributed by atoms with Crippen molar-refractivity contribution in [2.24, 2.45) is 0 Å². The van der Waals surface area contributed by atoms with Gasteiger partial charge in [-0.2, -0.15) is 4.98 Å². The fourth-order valence-electron chi connectivity index (χ4n) is 1.75. The molecule has 0 fully saturated rings. The Labute approximate surface area is 110 Å². The minimum absolute atomic E-state index is 0.324. The van der Waals surface area contributed by atoms with Gasteiger partial charge in [-0.05, 0) is 11.6 Å². The minimum Gasteiger partial charge on any atom is -0.478 e. The molecule has 100 valence electrons. The van der Waals surface area contributed by atoms with Crippen LogP contribution in [-0.4, -0.2) is 27.8 Å². The third-order valence-corrected chi connectivity index (χ3v) is 2.66. The van der Waals surface area contributed by atoms with Crippen LogP contribution in [-0.2, 0) is 13.0 Å². The molecule has 0 aliphatic rings. The first-order chi connectivity index (χ1) is 9.16. The van der Waals surface area contributed by atoms with Crippen molar-refractivity contribution in [2.45, 2.75) is 19.9 Å². The molecule has 6 heteroatoms. The van der Waals surface area contributed by atoms with Gasteiger partial charge in [0.15, 0.2) is 5.82 Å². The third-order valence-electron chi connectivity index (χ3n) is 2.66. The van der Waals surface area contributed by atoms with Gasteiger partial charge in [0.2, 0.25) is 5.89 Å². The Bertz CT molecular complexity index is 566. The SMILES string of the molecule is Cc1nc(CCNCc2ccccc2C(=O)O)no1. The highest BCUT2D eigenvalue weighted by atomic mass is 16.5. The number of carbonyl (C=O) groups is 1. The molecule has 2 N–H and O–H groups in total. The Morgan fingerprint density at radius 3 is 2.89 bits per heavy atom. The molecule has 0 saturated carbocycles. The summed E-state index contributed by atoms with van der Waals surface area (Å²) in [5.74, 6) is 0.286. The van der Waals surface area contributed by atoms with Gasteiger partial charge >= 0.3 is 5.97 Å². The molecular weight excluding hydrogens is 246 g/mol. The fraction of sp³-hybridized carbons (Fsp3) is 0.308. The van der Waals surface area contributed by atoms with Crippen LogP contribution in [0.1, 0.15) is 27.6 Å². The summed E-state index contributed by atoms with van der Waals surface area (Å²) in [5.41, 5.74) is 1.09. The highest BCUT2D eigenvalue weighted by molar-refractivity contribution is 5.89. The molecule has 0 saturated heterocycles. The number of hydrogen-bond acceptors (Lipinski definition) is 5. The lowest BCUT2D eigenvalue weighted by Gasteiger charge is -2.06. The van der Waals surface area contributed by atoms with Gasteiger partial charge < -0.3 is 14.9 Å². The van der Waals surface area contributed by atoms with E-state index in [1.807, 2.05) is 6.07 Å². The molecule has 2 rings (SSSR count). The lowest BCUT2D eigenvalue weighted by Crippen LogP contribution is -2.19. The third kappa shape index (κ3) is 3.62. The van der Waals surface area contributed by atoms with Crippen LogP contribution in [0.3, 0.4) is 0 Å². The van der Waals surface area contributed by atoms with Gasteiger partial charge in [-0.25, -0.2) is 4.79 Å². The van der Waals surface area contributed by atoms with E-state index in [9.17, 15) is 4.79 Å². The second kappa shape index (κ2) is 6.10. The van der Waals surface area contributed by atoms with Crippen LogP contribution in [0.4, 0.5) is 0 Å². The molecule has 0 atom stereocenters. The van der Waals surface area contributed by atoms with E-state index in [-0.39, 0.29) is 0 Å². The summed E-state index contributed by atoms with van der Waals surface area (Å²) in [4.78, 5) is 15.1. The molecule has 2 aromatic rings. The minimum atomic E-state index is -0.911. The van der Waals surface area contributed by atoms with E-state index in [1.54, 1.807) is 25.1 Å². The van der Waals surface area contributed by atoms with Crippen molar-refractivity contribution in [3.63, 3.8) is 0 Å². The van der Waals surface area contributed by atoms with Crippen molar-refractivity contribution < 1.29 is 14.4 Å². The number of benzene rings is 1. The van der Waals surface area contributed by atoms with Gasteiger partial charge in [-0.3, -0.25) is 0 Å². The lowest BCUT2D eigenvalue weighted by atomic mass is 10.1. The molecular formula is C13H15N3O3. The maximum Gasteiger partial charge on any atom is 0.336 e. The van der Waals surface area contributed by atoms with E-state index in [0.29, 0.717) is 36.8 Å². The summed E-state index contributed by atoms with van der Waals surface area (Å²) >= 11 is 0. The summed E-state index contributed by atoms with van der Waals surface area (Å²) in [6.07, 6.45) is 0.645. The first kappa shape index (κ1) is 13.2. The molecule has 0 spiro atoms. The standard InChI is InChI=1S/C13H15N3O3/c1-9-15-12(16-19-9)6-7-14-8-10-4-2-3-5-11(10)13(17)18/h2-5,14H,6-8H2,1H3,(H,17,18). The first-order valence-corrected chi connectivity index (χ1v) is 5.98. The number of nitrogens with zero attached hydrogens (tertiary/aromatic N) is 2. The first-order valence-electron chi connectivity index (χ1n) is 5.98. The molecule has 1 heterocycles. The molecule has 0 aliphatic carbocycles. The zero-order valence-electron chi connectivity index (χ0n) is 10.6. The van der Waals surface area contributed by atoms with E-state index in [4.69, 9.17) is 9.63 Å². The Kier molecular flexibility index (Phi) is 4.25. The highest BCUT2D eigenvalue weighted by Crippen LogP contribution is 2.08. The average Bonchev–Trinajstić information content (AvgIpc) is 2.81. The summed E-state index contributed by atoms with van der Waals surface area (Å²) in [6, 6.07) is 6.94. The van der Waals surface area contributed by atoms with E-state index < -0.39 is 5.97 Å². The van der Waals surface area contributed by atoms with Crippen molar-refractivity contribution in [3.05, 3.63) is 47.1 Å². The number of carboxylic acid groups (broad SMARTS) is 1. The van der Waals surface area contributed by atoms with Gasteiger partial charge in [-0.15, -0.1) is 0 Å². The zero-order valence-corrected chi connectivity index (χ0v) is 10.6. The number of rotatable bonds is 6. The van der Waals surface area contributed by atoms with E-state index in [2.05, 4.69) is 15.5 Å². The maximum atomic E-state index is 11.0. The molecule has 0 bridgehead atoms. The normalized spacial score (nSPS) is 10.6. The zero-order chi connectivity index (χ0) is 13.7. The van der Waals surface area contributed by atoms with E-state index >= 15 is 0 Å². The van der Waals surface area contributed by atoms with Gasteiger partial charge in [0, 0.05) is 26.4 Å². The van der Waals surface area contributed by atoms with Crippen molar-refractivity contribution in [1.82, 2.24) is 15.5 Å². The van der Waals surface area contributed by atoms with Crippen molar-refractivity contribution >= 4 is 5.97 Å². The molecule has 0 aliphatic heterocycles. The van der Waals surface area contributed by atoms with Crippen LogP contribution in [0.5, 0.6) is 0 Å². The Morgan fingerprint density at radius 1 is 1.42 bits per heavy atom. The van der Waals surface area contributed by atoms with Crippen molar-refractivity contribution in [3.8, 4) is 0 Å². The molecule has 0 unspecified atom stereocenters. The Morgan fingerprint density at radius 2 is 2.21 bits per heavy atom. The van der Waals surface area contributed by atoms with Crippen molar-refractivity contribution in [2.75, 3.05) is 6.54 Å². The number of nitrogens with one attached hydrogen (secondary N) is 1. The highest BCUT2D eigenvalue weighted by Gasteiger charge is 2.08. The molecule has 6 nitrogen and oxygen atoms in total. The average molecular weight is 261 g/mol. The van der Waals surface area contributed by atoms with E-state index in [1.165, 1.54) is 0 Å². The Hall–Kier alpha value is -2.21. The van der Waals surface area contributed by atoms with Gasteiger partial charge in [0.1, 0.15) is 0 Å². The van der Waals surface area contributed by atoms with Gasteiger partial charge in [0.25, 0.3) is 0 Å². The Balaban J connectivity index is 1.84. The van der Waals surface area contributed by atoms with Crippen LogP contribution in [0.25, 0.3) is 0 Å². The fourth-order valence-corrected chi connectivity index (χ4v) is 1.75. The molecule has 1 aromatic heterocycles. The second-order valence-electron chi connectivity index (χ2n) is 4.12. The predicted octanol–water partition coefficient (Wildman–Crippen LogP) is 1.41. The summed E-state index contributed by atoms with van der Waals surface area (Å²) in [7, 11) is 0. The lowest BCUT2D eigenvalue weighted by molar-refractivity contribution is 0.0695. The van der Waals surface area contributed by atoms with Gasteiger partial charge in [-0.1, -0.05) is 23.4 Å². The van der Waals surface area contributed by atoms with Crippen LogP contribution in [0, 0.1) is 6.92 Å². The second-order valence-corrected chi connectivity index (χ2v) is 4.12. The number of hydrogen-bond donors (Lipinski definition) is 2. The molecule has 0 radical (unpaired) electrons. The van der Waals surface area contributed by atoms with Gasteiger partial charge in [0.05, 0.1) is 5.56 Å². The topological polar surface area (TPSA) is 88.2 Å². The summed E-state index contributed by atoms with van der Waals surface area (Å²) in [6.45, 7) is 2.90. The van der Waals surface area contributed by atoms with Crippen LogP contribution in [0.15, 0.2) is 28.8 Å². The molecule has 19 heavy (non-hydrogen) atoms. The van der Waals surface area contributed by atoms with E-state index in [0.717, 1.165) is 5.56 Å². The quantitative estimate of drug-likeness (QED) is 0.764. The number of carboxylic acids is 1. The largest absolute Gasteiger partial charge is 0.478 e. The van der Waals surface area contributed by atoms with Crippen molar-refractivity contribution in [1.29, 1.82) is 0 Å². The monoisotopic (exact) mass is 261 g/mol.